The number of aliphatic hydroxyl groups excluding tert-OH is 1. The number of aliphatic hydroxyl groups is 1. The van der Waals surface area contributed by atoms with Crippen molar-refractivity contribution in [3.8, 4) is 0 Å². The molecule has 2 aromatic heterocycles. The zero-order chi connectivity index (χ0) is 19.5. The zero-order valence-corrected chi connectivity index (χ0v) is 15.9. The van der Waals surface area contributed by atoms with Crippen LogP contribution in [0, 0.1) is 0 Å². The van der Waals surface area contributed by atoms with E-state index in [0.29, 0.717) is 29.4 Å². The van der Waals surface area contributed by atoms with Gasteiger partial charge in [-0.05, 0) is 31.0 Å². The van der Waals surface area contributed by atoms with Crippen molar-refractivity contribution in [2.75, 3.05) is 13.2 Å². The zero-order valence-electron chi connectivity index (χ0n) is 15.1. The number of rotatable bonds is 3. The molecule has 0 radical (unpaired) electrons. The first kappa shape index (κ1) is 18.2. The molecule has 1 N–H and O–H groups in total. The average molecular weight is 408 g/mol. The second kappa shape index (κ2) is 6.61. The van der Waals surface area contributed by atoms with Crippen molar-refractivity contribution in [3.63, 3.8) is 0 Å². The highest BCUT2D eigenvalue weighted by Crippen LogP contribution is 2.49. The Morgan fingerprint density at radius 1 is 1.29 bits per heavy atom. The van der Waals surface area contributed by atoms with Crippen molar-refractivity contribution < 1.29 is 18.6 Å². The summed E-state index contributed by atoms with van der Waals surface area (Å²) in [5.41, 5.74) is 2.35. The number of benzene rings is 1. The van der Waals surface area contributed by atoms with E-state index in [1.54, 1.807) is 12.3 Å². The molecule has 28 heavy (non-hydrogen) atoms. The van der Waals surface area contributed by atoms with Crippen LogP contribution in [-0.2, 0) is 4.74 Å². The Morgan fingerprint density at radius 2 is 2.11 bits per heavy atom. The smallest absolute Gasteiger partial charge is 0.249 e. The highest BCUT2D eigenvalue weighted by atomic mass is 35.5. The maximum atomic E-state index is 13.6. The van der Waals surface area contributed by atoms with Crippen molar-refractivity contribution in [1.82, 2.24) is 14.5 Å². The van der Waals surface area contributed by atoms with Crippen molar-refractivity contribution >= 4 is 33.5 Å². The summed E-state index contributed by atoms with van der Waals surface area (Å²) in [6.07, 6.45) is 2.42. The van der Waals surface area contributed by atoms with Crippen LogP contribution in [0.1, 0.15) is 43.5 Å². The fourth-order valence-corrected chi connectivity index (χ4v) is 4.66. The monoisotopic (exact) mass is 407 g/mol. The molecule has 1 unspecified atom stereocenters. The van der Waals surface area contributed by atoms with Crippen LogP contribution in [0.15, 0.2) is 24.4 Å². The Kier molecular flexibility index (Phi) is 4.30. The Bertz CT molecular complexity index is 1050. The summed E-state index contributed by atoms with van der Waals surface area (Å²) in [4.78, 5) is 9.19. The van der Waals surface area contributed by atoms with Crippen LogP contribution in [-0.4, -0.2) is 44.9 Å². The minimum atomic E-state index is -2.62. The van der Waals surface area contributed by atoms with Crippen LogP contribution in [0.25, 0.3) is 21.9 Å². The van der Waals surface area contributed by atoms with Crippen LogP contribution in [0.5, 0.6) is 0 Å². The van der Waals surface area contributed by atoms with Crippen molar-refractivity contribution in [1.29, 1.82) is 0 Å². The van der Waals surface area contributed by atoms with Gasteiger partial charge in [0.1, 0.15) is 11.3 Å². The van der Waals surface area contributed by atoms with Gasteiger partial charge in [-0.2, -0.15) is 0 Å². The lowest BCUT2D eigenvalue weighted by atomic mass is 9.80. The molecule has 1 saturated carbocycles. The van der Waals surface area contributed by atoms with Gasteiger partial charge < -0.3 is 14.4 Å². The highest BCUT2D eigenvalue weighted by Gasteiger charge is 2.48. The van der Waals surface area contributed by atoms with E-state index in [1.165, 1.54) is 0 Å². The minimum Gasteiger partial charge on any atom is -0.394 e. The largest absolute Gasteiger partial charge is 0.394 e. The first-order valence-electron chi connectivity index (χ1n) is 9.51. The highest BCUT2D eigenvalue weighted by molar-refractivity contribution is 6.31. The summed E-state index contributed by atoms with van der Waals surface area (Å²) in [5.74, 6) is -2.23. The molecule has 3 heterocycles. The molecule has 3 aromatic rings. The van der Waals surface area contributed by atoms with Gasteiger partial charge in [-0.25, -0.2) is 13.8 Å². The van der Waals surface area contributed by atoms with Gasteiger partial charge in [0.15, 0.2) is 0 Å². The van der Waals surface area contributed by atoms with Crippen molar-refractivity contribution in [3.05, 3.63) is 35.2 Å². The van der Waals surface area contributed by atoms with E-state index in [2.05, 4.69) is 9.55 Å². The standard InChI is InChI=1S/C20H20ClF2N3O2/c21-12-1-2-16-15(5-12)18-17(9-24-16)25-19(11-7-20(22,23)8-11)26(18)13-3-4-28-14(6-13)10-27/h1-2,5,9,11,13-14,27H,3-4,6-8,10H2/t13-,14?/m1/s1. The normalized spacial score (nSPS) is 25.3. The molecule has 1 aliphatic carbocycles. The van der Waals surface area contributed by atoms with Gasteiger partial charge in [0, 0.05) is 41.8 Å². The molecule has 1 saturated heterocycles. The lowest BCUT2D eigenvalue weighted by molar-refractivity contribution is -0.0900. The Hall–Kier alpha value is -1.83. The minimum absolute atomic E-state index is 0.0182. The molecule has 1 aliphatic heterocycles. The molecule has 8 heteroatoms. The molecule has 2 atom stereocenters. The molecule has 1 aromatic carbocycles. The lowest BCUT2D eigenvalue weighted by Gasteiger charge is -2.37. The van der Waals surface area contributed by atoms with Crippen molar-refractivity contribution in [2.24, 2.45) is 0 Å². The third kappa shape index (κ3) is 2.96. The number of alkyl halides is 2. The number of ether oxygens (including phenoxy) is 1. The summed E-state index contributed by atoms with van der Waals surface area (Å²) in [6.45, 7) is 0.452. The Balaban J connectivity index is 1.72. The predicted octanol–water partition coefficient (Wildman–Crippen LogP) is 4.46. The first-order valence-corrected chi connectivity index (χ1v) is 9.89. The number of hydrogen-bond acceptors (Lipinski definition) is 4. The second-order valence-electron chi connectivity index (χ2n) is 7.81. The molecule has 5 nitrogen and oxygen atoms in total. The molecule has 0 spiro atoms. The molecule has 5 rings (SSSR count). The molecule has 2 fully saturated rings. The third-order valence-corrected chi connectivity index (χ3v) is 6.10. The van der Waals surface area contributed by atoms with E-state index in [4.69, 9.17) is 21.3 Å². The van der Waals surface area contributed by atoms with E-state index in [9.17, 15) is 13.9 Å². The number of pyridine rings is 1. The van der Waals surface area contributed by atoms with E-state index in [1.807, 2.05) is 12.1 Å². The fourth-order valence-electron chi connectivity index (χ4n) is 4.49. The van der Waals surface area contributed by atoms with Crippen molar-refractivity contribution in [2.45, 2.75) is 49.7 Å². The molecular formula is C20H20ClF2N3O2. The SMILES string of the molecule is OCC1C[C@H](n2c(C3CC(F)(F)C3)nc3cnc4ccc(Cl)cc4c32)CCO1. The van der Waals surface area contributed by atoms with Crippen LogP contribution < -0.4 is 0 Å². The summed E-state index contributed by atoms with van der Waals surface area (Å²) in [6, 6.07) is 5.51. The van der Waals surface area contributed by atoms with E-state index in [-0.39, 0.29) is 37.5 Å². The van der Waals surface area contributed by atoms with Gasteiger partial charge in [-0.1, -0.05) is 11.6 Å². The lowest BCUT2D eigenvalue weighted by Crippen LogP contribution is -2.37. The average Bonchev–Trinajstić information content (AvgIpc) is 3.05. The third-order valence-electron chi connectivity index (χ3n) is 5.87. The molecule has 2 aliphatic rings. The number of imidazole rings is 1. The van der Waals surface area contributed by atoms with Gasteiger partial charge in [0.2, 0.25) is 5.92 Å². The molecular weight excluding hydrogens is 388 g/mol. The predicted molar refractivity (Wildman–Crippen MR) is 102 cm³/mol. The summed E-state index contributed by atoms with van der Waals surface area (Å²) in [5, 5.41) is 11.0. The topological polar surface area (TPSA) is 60.2 Å². The van der Waals surface area contributed by atoms with E-state index >= 15 is 0 Å². The van der Waals surface area contributed by atoms with Gasteiger partial charge in [-0.15, -0.1) is 0 Å². The first-order chi connectivity index (χ1) is 13.4. The number of nitrogens with zero attached hydrogens (tertiary/aromatic N) is 3. The van der Waals surface area contributed by atoms with Gasteiger partial charge in [-0.3, -0.25) is 4.98 Å². The molecule has 0 bridgehead atoms. The van der Waals surface area contributed by atoms with Crippen LogP contribution in [0.2, 0.25) is 5.02 Å². The summed E-state index contributed by atoms with van der Waals surface area (Å²) in [7, 11) is 0. The Morgan fingerprint density at radius 3 is 2.86 bits per heavy atom. The fraction of sp³-hybridized carbons (Fsp3) is 0.500. The number of hydrogen-bond donors (Lipinski definition) is 1. The molecule has 148 valence electrons. The van der Waals surface area contributed by atoms with Gasteiger partial charge in [0.25, 0.3) is 0 Å². The van der Waals surface area contributed by atoms with E-state index in [0.717, 1.165) is 22.8 Å². The van der Waals surface area contributed by atoms with Gasteiger partial charge >= 0.3 is 0 Å². The van der Waals surface area contributed by atoms with Crippen LogP contribution in [0.4, 0.5) is 8.78 Å². The summed E-state index contributed by atoms with van der Waals surface area (Å²) >= 11 is 6.24. The molecule has 0 amide bonds. The Labute approximate surface area is 165 Å². The number of fused-ring (bicyclic) bond motifs is 3. The maximum absolute atomic E-state index is 13.6. The second-order valence-corrected chi connectivity index (χ2v) is 8.24. The maximum Gasteiger partial charge on any atom is 0.249 e. The van der Waals surface area contributed by atoms with Crippen LogP contribution in [0.3, 0.4) is 0 Å². The van der Waals surface area contributed by atoms with E-state index < -0.39 is 5.92 Å². The number of halogens is 3. The summed E-state index contributed by atoms with van der Waals surface area (Å²) < 4.78 is 34.9. The van der Waals surface area contributed by atoms with Gasteiger partial charge in [0.05, 0.1) is 29.9 Å². The quantitative estimate of drug-likeness (QED) is 0.696. The number of aromatic nitrogens is 3. The van der Waals surface area contributed by atoms with Crippen LogP contribution >= 0.6 is 11.6 Å².